The Kier molecular flexibility index (Phi) is 10.4. The van der Waals surface area contributed by atoms with Crippen LogP contribution in [0.3, 0.4) is 0 Å². The number of carboxylic acids is 1. The van der Waals surface area contributed by atoms with E-state index in [2.05, 4.69) is 25.1 Å². The maximum absolute atomic E-state index is 13.1. The van der Waals surface area contributed by atoms with E-state index >= 15 is 0 Å². The molecule has 17 heteroatoms. The van der Waals surface area contributed by atoms with Gasteiger partial charge in [-0.1, -0.05) is 34.8 Å². The quantitative estimate of drug-likeness (QED) is 0.218. The normalized spacial score (nSPS) is 14.6. The number of methoxy groups -OCH3 is 1. The van der Waals surface area contributed by atoms with Crippen LogP contribution in [-0.2, 0) is 22.7 Å². The number of hydrogen-bond acceptors (Lipinski definition) is 10. The Labute approximate surface area is 284 Å². The first-order valence-corrected chi connectivity index (χ1v) is 15.5. The Hall–Kier alpha value is -4.53. The van der Waals surface area contributed by atoms with Gasteiger partial charge in [0.1, 0.15) is 31.4 Å². The second-order valence-corrected chi connectivity index (χ2v) is 11.7. The number of amides is 1. The molecule has 1 aliphatic heterocycles. The molecule has 1 fully saturated rings. The molecular formula is C30H31Cl3N8O6. The van der Waals surface area contributed by atoms with Crippen molar-refractivity contribution in [3.8, 4) is 28.9 Å². The number of aromatic nitrogens is 6. The van der Waals surface area contributed by atoms with Gasteiger partial charge in [0.15, 0.2) is 11.4 Å². The van der Waals surface area contributed by atoms with E-state index in [-0.39, 0.29) is 30.9 Å². The summed E-state index contributed by atoms with van der Waals surface area (Å²) in [6.45, 7) is 7.43. The Morgan fingerprint density at radius 2 is 1.51 bits per heavy atom. The number of oxazole rings is 2. The largest absolute Gasteiger partial charge is 0.495 e. The fourth-order valence-corrected chi connectivity index (χ4v) is 5.69. The third kappa shape index (κ3) is 7.39. The number of benzene rings is 1. The number of hydrogen-bond donors (Lipinski definition) is 1. The molecule has 248 valence electrons. The molecule has 1 aromatic carbocycles. The second-order valence-electron chi connectivity index (χ2n) is 10.6. The van der Waals surface area contributed by atoms with E-state index in [0.29, 0.717) is 69.1 Å². The lowest BCUT2D eigenvalue weighted by molar-refractivity contribution is -0.138. The van der Waals surface area contributed by atoms with Crippen LogP contribution in [0.4, 0.5) is 5.69 Å². The summed E-state index contributed by atoms with van der Waals surface area (Å²) >= 11 is 18.5. The summed E-state index contributed by atoms with van der Waals surface area (Å²) in [5.74, 6) is 0.249. The molecule has 1 atom stereocenters. The average molecular weight is 706 g/mol. The Bertz CT molecular complexity index is 1860. The molecule has 0 unspecified atom stereocenters. The Morgan fingerprint density at radius 1 is 0.936 bits per heavy atom. The highest BCUT2D eigenvalue weighted by atomic mass is 35.5. The van der Waals surface area contributed by atoms with Crippen LogP contribution in [0.15, 0.2) is 52.0 Å². The van der Waals surface area contributed by atoms with Crippen molar-refractivity contribution in [3.63, 3.8) is 0 Å². The highest BCUT2D eigenvalue weighted by Crippen LogP contribution is 2.32. The van der Waals surface area contributed by atoms with Gasteiger partial charge in [-0.05, 0) is 32.9 Å². The summed E-state index contributed by atoms with van der Waals surface area (Å²) < 4.78 is 18.6. The molecule has 5 heterocycles. The molecule has 4 aromatic heterocycles. The molecule has 1 amide bonds. The predicted octanol–water partition coefficient (Wildman–Crippen LogP) is 5.48. The first kappa shape index (κ1) is 33.8. The molecule has 1 aliphatic rings. The summed E-state index contributed by atoms with van der Waals surface area (Å²) in [7, 11) is 1.60. The maximum Gasteiger partial charge on any atom is 0.325 e. The SMILES string of the molecule is COc1cc(N2CCN(C(=O)Cn3nc(-c4ncco4)c(Cl)c3C)[C@@H](C)C2)ccc1Cl.Cc1c(Cl)c(-c2ncco2)nn1CC(=O)O. The number of piperazine rings is 1. The Morgan fingerprint density at radius 3 is 2.00 bits per heavy atom. The fourth-order valence-electron chi connectivity index (χ4n) is 5.07. The van der Waals surface area contributed by atoms with Crippen molar-refractivity contribution in [2.45, 2.75) is 39.9 Å². The third-order valence-electron chi connectivity index (χ3n) is 7.55. The van der Waals surface area contributed by atoms with Gasteiger partial charge in [0.2, 0.25) is 17.7 Å². The van der Waals surface area contributed by atoms with Crippen LogP contribution in [-0.4, -0.2) is 84.2 Å². The van der Waals surface area contributed by atoms with Gasteiger partial charge < -0.3 is 28.5 Å². The third-order valence-corrected chi connectivity index (χ3v) is 8.77. The van der Waals surface area contributed by atoms with Gasteiger partial charge in [0, 0.05) is 37.4 Å². The summed E-state index contributed by atoms with van der Waals surface area (Å²) in [5, 5.41) is 18.5. The number of carbonyl (C=O) groups excluding carboxylic acids is 1. The molecular weight excluding hydrogens is 675 g/mol. The molecule has 5 aromatic rings. The lowest BCUT2D eigenvalue weighted by Crippen LogP contribution is -2.54. The monoisotopic (exact) mass is 704 g/mol. The first-order valence-electron chi connectivity index (χ1n) is 14.3. The van der Waals surface area contributed by atoms with Crippen LogP contribution in [0.2, 0.25) is 15.1 Å². The van der Waals surface area contributed by atoms with Crippen molar-refractivity contribution in [2.75, 3.05) is 31.6 Å². The van der Waals surface area contributed by atoms with Gasteiger partial charge in [-0.3, -0.25) is 19.0 Å². The van der Waals surface area contributed by atoms with E-state index in [0.717, 1.165) is 5.69 Å². The minimum atomic E-state index is -0.985. The molecule has 0 spiro atoms. The Balaban J connectivity index is 0.000000227. The van der Waals surface area contributed by atoms with Crippen molar-refractivity contribution in [3.05, 3.63) is 69.6 Å². The standard InChI is InChI=1S/C21H23Cl2N5O3.C9H8ClN3O3/c1-13-11-26(15-4-5-16(22)17(10-15)30-3)7-8-27(13)18(29)12-28-14(2)19(23)20(25-28)21-24-6-9-31-21;1-5-7(10)8(9-11-2-3-16-9)12-13(5)4-6(14)15/h4-6,9-10,13H,7-8,11-12H2,1-3H3;2-3H,4H2,1H3,(H,14,15)/t13-;/m0./s1. The zero-order chi connectivity index (χ0) is 33.8. The van der Waals surface area contributed by atoms with E-state index in [1.54, 1.807) is 18.7 Å². The molecule has 0 saturated carbocycles. The maximum atomic E-state index is 13.1. The first-order chi connectivity index (χ1) is 22.5. The molecule has 14 nitrogen and oxygen atoms in total. The molecule has 1 N–H and O–H groups in total. The van der Waals surface area contributed by atoms with Gasteiger partial charge in [0.05, 0.1) is 46.0 Å². The molecule has 1 saturated heterocycles. The van der Waals surface area contributed by atoms with E-state index in [1.165, 1.54) is 29.6 Å². The van der Waals surface area contributed by atoms with Crippen molar-refractivity contribution in [1.82, 2.24) is 34.4 Å². The number of anilines is 1. The lowest BCUT2D eigenvalue weighted by Gasteiger charge is -2.41. The lowest BCUT2D eigenvalue weighted by atomic mass is 10.1. The van der Waals surface area contributed by atoms with E-state index in [4.69, 9.17) is 53.5 Å². The predicted molar refractivity (Wildman–Crippen MR) is 174 cm³/mol. The van der Waals surface area contributed by atoms with Crippen LogP contribution < -0.4 is 9.64 Å². The van der Waals surface area contributed by atoms with Gasteiger partial charge >= 0.3 is 5.97 Å². The zero-order valence-corrected chi connectivity index (χ0v) is 28.1. The second kappa shape index (κ2) is 14.5. The smallest absolute Gasteiger partial charge is 0.325 e. The summed E-state index contributed by atoms with van der Waals surface area (Å²) in [4.78, 5) is 35.7. The number of aliphatic carboxylic acids is 1. The van der Waals surface area contributed by atoms with Gasteiger partial charge in [0.25, 0.3) is 0 Å². The topological polar surface area (TPSA) is 158 Å². The number of halogens is 3. The van der Waals surface area contributed by atoms with E-state index in [9.17, 15) is 9.59 Å². The number of nitrogens with zero attached hydrogens (tertiary/aromatic N) is 8. The molecule has 0 radical (unpaired) electrons. The van der Waals surface area contributed by atoms with Crippen LogP contribution >= 0.6 is 34.8 Å². The summed E-state index contributed by atoms with van der Waals surface area (Å²) in [6, 6.07) is 5.74. The van der Waals surface area contributed by atoms with E-state index in [1.807, 2.05) is 36.9 Å². The van der Waals surface area contributed by atoms with Crippen molar-refractivity contribution in [1.29, 1.82) is 0 Å². The van der Waals surface area contributed by atoms with Crippen LogP contribution in [0, 0.1) is 13.8 Å². The average Bonchev–Trinajstić information content (AvgIpc) is 3.86. The number of rotatable bonds is 8. The highest BCUT2D eigenvalue weighted by Gasteiger charge is 2.29. The van der Waals surface area contributed by atoms with Crippen LogP contribution in [0.1, 0.15) is 18.3 Å². The molecule has 6 rings (SSSR count). The van der Waals surface area contributed by atoms with Crippen molar-refractivity contribution in [2.24, 2.45) is 0 Å². The van der Waals surface area contributed by atoms with Crippen molar-refractivity contribution < 1.29 is 28.3 Å². The zero-order valence-electron chi connectivity index (χ0n) is 25.9. The summed E-state index contributed by atoms with van der Waals surface area (Å²) in [5.41, 5.74) is 3.07. The minimum absolute atomic E-state index is 0.0120. The fraction of sp³-hybridized carbons (Fsp3) is 0.333. The van der Waals surface area contributed by atoms with Crippen LogP contribution in [0.5, 0.6) is 5.75 Å². The number of carbonyl (C=O) groups is 2. The number of carboxylic acid groups (broad SMARTS) is 1. The van der Waals surface area contributed by atoms with Gasteiger partial charge in [-0.2, -0.15) is 10.2 Å². The van der Waals surface area contributed by atoms with Crippen molar-refractivity contribution >= 4 is 52.4 Å². The summed E-state index contributed by atoms with van der Waals surface area (Å²) in [6.07, 6.45) is 5.86. The highest BCUT2D eigenvalue weighted by molar-refractivity contribution is 6.34. The number of ether oxygens (including phenoxy) is 1. The van der Waals surface area contributed by atoms with Gasteiger partial charge in [-0.15, -0.1) is 0 Å². The molecule has 47 heavy (non-hydrogen) atoms. The minimum Gasteiger partial charge on any atom is -0.495 e. The van der Waals surface area contributed by atoms with Gasteiger partial charge in [-0.25, -0.2) is 9.97 Å². The molecule has 0 bridgehead atoms. The van der Waals surface area contributed by atoms with Crippen LogP contribution in [0.25, 0.3) is 23.2 Å². The molecule has 0 aliphatic carbocycles. The van der Waals surface area contributed by atoms with E-state index < -0.39 is 5.97 Å².